The SMILES string of the molecule is COc1ccc2nc(NC(=O)C(C)Sc3cccc(NC(=O)c4c(OC)cccc4OC)c3)sc2c1. The standard InChI is InChI=1S/C26H25N3O5S2/c1-15(24(30)29-26-28-19-12-11-17(32-2)14-22(19)36-26)35-18-8-5-7-16(13-18)27-25(31)23-20(33-3)9-6-10-21(23)34-4/h5-15H,1-4H3,(H,27,31)(H,28,29,30). The van der Waals surface area contributed by atoms with Gasteiger partial charge in [0.1, 0.15) is 22.8 Å². The van der Waals surface area contributed by atoms with Crippen molar-refractivity contribution in [2.75, 3.05) is 32.0 Å². The molecule has 8 nitrogen and oxygen atoms in total. The lowest BCUT2D eigenvalue weighted by Crippen LogP contribution is -2.22. The number of carbonyl (C=O) groups is 2. The van der Waals surface area contributed by atoms with Crippen LogP contribution >= 0.6 is 23.1 Å². The highest BCUT2D eigenvalue weighted by Crippen LogP contribution is 2.32. The third kappa shape index (κ3) is 5.72. The van der Waals surface area contributed by atoms with Crippen molar-refractivity contribution in [3.63, 3.8) is 0 Å². The Hall–Kier alpha value is -3.76. The van der Waals surface area contributed by atoms with Crippen LogP contribution in [0.5, 0.6) is 17.2 Å². The van der Waals surface area contributed by atoms with Crippen molar-refractivity contribution in [3.8, 4) is 17.2 Å². The van der Waals surface area contributed by atoms with E-state index in [0.29, 0.717) is 27.9 Å². The van der Waals surface area contributed by atoms with Gasteiger partial charge in [0, 0.05) is 10.6 Å². The van der Waals surface area contributed by atoms with Gasteiger partial charge in [-0.05, 0) is 55.5 Å². The molecule has 1 aromatic heterocycles. The third-order valence-electron chi connectivity index (χ3n) is 5.25. The maximum absolute atomic E-state index is 13.0. The average molecular weight is 524 g/mol. The molecule has 1 heterocycles. The Balaban J connectivity index is 1.42. The van der Waals surface area contributed by atoms with Crippen LogP contribution in [0.4, 0.5) is 10.8 Å². The Kier molecular flexibility index (Phi) is 7.97. The number of fused-ring (bicyclic) bond motifs is 1. The van der Waals surface area contributed by atoms with E-state index in [0.717, 1.165) is 20.9 Å². The lowest BCUT2D eigenvalue weighted by atomic mass is 10.1. The number of hydrogen-bond donors (Lipinski definition) is 2. The summed E-state index contributed by atoms with van der Waals surface area (Å²) in [5.74, 6) is 1.04. The molecule has 10 heteroatoms. The Morgan fingerprint density at radius 3 is 2.33 bits per heavy atom. The van der Waals surface area contributed by atoms with Crippen molar-refractivity contribution in [1.29, 1.82) is 0 Å². The van der Waals surface area contributed by atoms with Crippen LogP contribution < -0.4 is 24.8 Å². The predicted molar refractivity (Wildman–Crippen MR) is 144 cm³/mol. The topological polar surface area (TPSA) is 98.8 Å². The molecule has 186 valence electrons. The molecule has 1 atom stereocenters. The summed E-state index contributed by atoms with van der Waals surface area (Å²) in [6.07, 6.45) is 0. The molecule has 0 aliphatic carbocycles. The van der Waals surface area contributed by atoms with Gasteiger partial charge in [0.2, 0.25) is 5.91 Å². The maximum Gasteiger partial charge on any atom is 0.263 e. The van der Waals surface area contributed by atoms with E-state index in [9.17, 15) is 9.59 Å². The molecular formula is C26H25N3O5S2. The lowest BCUT2D eigenvalue weighted by Gasteiger charge is -2.14. The highest BCUT2D eigenvalue weighted by Gasteiger charge is 2.20. The molecule has 0 saturated heterocycles. The van der Waals surface area contributed by atoms with E-state index >= 15 is 0 Å². The Labute approximate surface area is 217 Å². The molecule has 0 aliphatic heterocycles. The number of thiazole rings is 1. The number of ether oxygens (including phenoxy) is 3. The summed E-state index contributed by atoms with van der Waals surface area (Å²) < 4.78 is 16.8. The van der Waals surface area contributed by atoms with E-state index in [-0.39, 0.29) is 11.8 Å². The van der Waals surface area contributed by atoms with Gasteiger partial charge >= 0.3 is 0 Å². The van der Waals surface area contributed by atoms with Crippen LogP contribution in [0.3, 0.4) is 0 Å². The maximum atomic E-state index is 13.0. The van der Waals surface area contributed by atoms with E-state index < -0.39 is 5.25 Å². The molecule has 0 fully saturated rings. The van der Waals surface area contributed by atoms with Crippen LogP contribution in [0.25, 0.3) is 10.2 Å². The molecule has 4 rings (SSSR count). The van der Waals surface area contributed by atoms with Gasteiger partial charge in [0.25, 0.3) is 5.91 Å². The number of hydrogen-bond acceptors (Lipinski definition) is 8. The fraction of sp³-hybridized carbons (Fsp3) is 0.192. The molecule has 4 aromatic rings. The normalized spacial score (nSPS) is 11.6. The van der Waals surface area contributed by atoms with E-state index in [4.69, 9.17) is 14.2 Å². The predicted octanol–water partition coefficient (Wildman–Crippen LogP) is 5.69. The van der Waals surface area contributed by atoms with Crippen LogP contribution in [0.1, 0.15) is 17.3 Å². The minimum atomic E-state index is -0.396. The molecule has 1 unspecified atom stereocenters. The monoisotopic (exact) mass is 523 g/mol. The molecule has 2 N–H and O–H groups in total. The smallest absolute Gasteiger partial charge is 0.263 e. The van der Waals surface area contributed by atoms with Gasteiger partial charge in [-0.15, -0.1) is 11.8 Å². The quantitative estimate of drug-likeness (QED) is 0.272. The third-order valence-corrected chi connectivity index (χ3v) is 7.28. The first-order chi connectivity index (χ1) is 17.4. The molecule has 0 spiro atoms. The number of methoxy groups -OCH3 is 3. The van der Waals surface area contributed by atoms with Crippen molar-refractivity contribution in [1.82, 2.24) is 4.98 Å². The van der Waals surface area contributed by atoms with E-state index in [2.05, 4.69) is 15.6 Å². The van der Waals surface area contributed by atoms with Gasteiger partial charge in [-0.2, -0.15) is 0 Å². The van der Waals surface area contributed by atoms with Crippen molar-refractivity contribution >= 4 is 55.9 Å². The summed E-state index contributed by atoms with van der Waals surface area (Å²) in [5, 5.41) is 5.91. The van der Waals surface area contributed by atoms with Gasteiger partial charge in [0.05, 0.1) is 36.8 Å². The van der Waals surface area contributed by atoms with Gasteiger partial charge in [-0.25, -0.2) is 4.98 Å². The summed E-state index contributed by atoms with van der Waals surface area (Å²) in [4.78, 5) is 31.1. The number of benzene rings is 3. The first kappa shape index (κ1) is 25.3. The van der Waals surface area contributed by atoms with Gasteiger partial charge in [-0.1, -0.05) is 23.5 Å². The Morgan fingerprint density at radius 2 is 1.64 bits per heavy atom. The van der Waals surface area contributed by atoms with Gasteiger partial charge < -0.3 is 24.8 Å². The van der Waals surface area contributed by atoms with Crippen LogP contribution in [-0.4, -0.2) is 43.4 Å². The molecule has 0 aliphatic rings. The van der Waals surface area contributed by atoms with E-state index in [1.165, 1.54) is 37.3 Å². The number of nitrogens with one attached hydrogen (secondary N) is 2. The highest BCUT2D eigenvalue weighted by molar-refractivity contribution is 8.00. The fourth-order valence-corrected chi connectivity index (χ4v) is 5.29. The molecule has 36 heavy (non-hydrogen) atoms. The minimum Gasteiger partial charge on any atom is -0.497 e. The summed E-state index contributed by atoms with van der Waals surface area (Å²) in [7, 11) is 4.61. The summed E-state index contributed by atoms with van der Waals surface area (Å²) in [5.41, 5.74) is 1.69. The molecule has 0 bridgehead atoms. The second-order valence-electron chi connectivity index (χ2n) is 7.62. The number of carbonyl (C=O) groups excluding carboxylic acids is 2. The summed E-state index contributed by atoms with van der Waals surface area (Å²) in [6.45, 7) is 1.82. The molecule has 3 aromatic carbocycles. The summed E-state index contributed by atoms with van der Waals surface area (Å²) >= 11 is 2.77. The van der Waals surface area contributed by atoms with E-state index in [1.807, 2.05) is 43.3 Å². The van der Waals surface area contributed by atoms with Crippen LogP contribution in [0.15, 0.2) is 65.6 Å². The zero-order valence-electron chi connectivity index (χ0n) is 20.2. The Bertz CT molecular complexity index is 1380. The largest absolute Gasteiger partial charge is 0.497 e. The van der Waals surface area contributed by atoms with Gasteiger partial charge in [0.15, 0.2) is 5.13 Å². The van der Waals surface area contributed by atoms with Gasteiger partial charge in [-0.3, -0.25) is 9.59 Å². The van der Waals surface area contributed by atoms with Crippen LogP contribution in [0.2, 0.25) is 0 Å². The molecule has 0 radical (unpaired) electrons. The van der Waals surface area contributed by atoms with E-state index in [1.54, 1.807) is 31.4 Å². The Morgan fingerprint density at radius 1 is 0.917 bits per heavy atom. The molecule has 0 saturated carbocycles. The average Bonchev–Trinajstić information content (AvgIpc) is 3.29. The highest BCUT2D eigenvalue weighted by atomic mass is 32.2. The first-order valence-corrected chi connectivity index (χ1v) is 12.7. The fourth-order valence-electron chi connectivity index (χ4n) is 3.47. The minimum absolute atomic E-state index is 0.167. The van der Waals surface area contributed by atoms with Crippen molar-refractivity contribution in [2.45, 2.75) is 17.1 Å². The number of anilines is 2. The number of nitrogens with zero attached hydrogens (tertiary/aromatic N) is 1. The number of thioether (sulfide) groups is 1. The number of rotatable bonds is 9. The second-order valence-corrected chi connectivity index (χ2v) is 10.1. The first-order valence-electron chi connectivity index (χ1n) is 11.0. The molecular weight excluding hydrogens is 498 g/mol. The van der Waals surface area contributed by atoms with Crippen molar-refractivity contribution in [2.24, 2.45) is 0 Å². The summed E-state index contributed by atoms with van der Waals surface area (Å²) in [6, 6.07) is 18.0. The van der Waals surface area contributed by atoms with Crippen molar-refractivity contribution < 1.29 is 23.8 Å². The second kappa shape index (κ2) is 11.3. The number of amides is 2. The zero-order valence-corrected chi connectivity index (χ0v) is 21.8. The lowest BCUT2D eigenvalue weighted by molar-refractivity contribution is -0.115. The van der Waals surface area contributed by atoms with Crippen LogP contribution in [-0.2, 0) is 4.79 Å². The molecule has 2 amide bonds. The van der Waals surface area contributed by atoms with Crippen molar-refractivity contribution in [3.05, 3.63) is 66.2 Å². The number of aromatic nitrogens is 1. The van der Waals surface area contributed by atoms with Crippen LogP contribution in [0, 0.1) is 0 Å². The zero-order chi connectivity index (χ0) is 25.7.